The van der Waals surface area contributed by atoms with Gasteiger partial charge in [-0.25, -0.2) is 0 Å². The van der Waals surface area contributed by atoms with Crippen molar-refractivity contribution in [3.63, 3.8) is 0 Å². The lowest BCUT2D eigenvalue weighted by Gasteiger charge is -2.30. The molecule has 0 bridgehead atoms. The summed E-state index contributed by atoms with van der Waals surface area (Å²) in [7, 11) is 0. The maximum absolute atomic E-state index is 12.6. The highest BCUT2D eigenvalue weighted by atomic mass is 16.5. The summed E-state index contributed by atoms with van der Waals surface area (Å²) >= 11 is 0. The summed E-state index contributed by atoms with van der Waals surface area (Å²) in [6.07, 6.45) is 2.73. The molecule has 0 aliphatic carbocycles. The molecule has 2 aromatic rings. The highest BCUT2D eigenvalue weighted by Gasteiger charge is 2.30. The number of para-hydroxylation sites is 1. The van der Waals surface area contributed by atoms with E-state index >= 15 is 0 Å². The number of nitrogens with zero attached hydrogens (tertiary/aromatic N) is 1. The molecule has 1 aromatic heterocycles. The van der Waals surface area contributed by atoms with Gasteiger partial charge in [-0.1, -0.05) is 18.2 Å². The number of hydrogen-bond acceptors (Lipinski definition) is 4. The number of rotatable bonds is 5. The van der Waals surface area contributed by atoms with Gasteiger partial charge in [-0.15, -0.1) is 0 Å². The quantitative estimate of drug-likeness (QED) is 0.912. The van der Waals surface area contributed by atoms with Crippen molar-refractivity contribution in [1.29, 1.82) is 0 Å². The molecule has 1 fully saturated rings. The zero-order valence-corrected chi connectivity index (χ0v) is 13.2. The molecule has 0 saturated carbocycles. The molecule has 6 nitrogen and oxygen atoms in total. The zero-order chi connectivity index (χ0) is 16.9. The average molecular weight is 329 g/mol. The van der Waals surface area contributed by atoms with Gasteiger partial charge in [-0.05, 0) is 31.0 Å². The molecular weight excluding hydrogens is 310 g/mol. The monoisotopic (exact) mass is 329 g/mol. The number of amides is 1. The van der Waals surface area contributed by atoms with Crippen LogP contribution in [0, 0.1) is 5.92 Å². The Kier molecular flexibility index (Phi) is 4.84. The van der Waals surface area contributed by atoms with Gasteiger partial charge >= 0.3 is 5.97 Å². The van der Waals surface area contributed by atoms with Crippen LogP contribution in [0.4, 0.5) is 0 Å². The Labute approximate surface area is 139 Å². The molecule has 1 aliphatic heterocycles. The van der Waals surface area contributed by atoms with Gasteiger partial charge in [0.15, 0.2) is 5.76 Å². The third-order valence-electron chi connectivity index (χ3n) is 4.14. The maximum atomic E-state index is 12.6. The second kappa shape index (κ2) is 7.21. The van der Waals surface area contributed by atoms with Crippen LogP contribution in [-0.4, -0.2) is 35.0 Å². The fourth-order valence-corrected chi connectivity index (χ4v) is 2.82. The van der Waals surface area contributed by atoms with Gasteiger partial charge < -0.3 is 19.2 Å². The molecule has 1 N–H and O–H groups in total. The summed E-state index contributed by atoms with van der Waals surface area (Å²) in [5, 5.41) is 9.15. The van der Waals surface area contributed by atoms with Gasteiger partial charge in [0.2, 0.25) is 0 Å². The highest BCUT2D eigenvalue weighted by Crippen LogP contribution is 2.22. The van der Waals surface area contributed by atoms with Crippen LogP contribution in [-0.2, 0) is 11.4 Å². The van der Waals surface area contributed by atoms with Gasteiger partial charge in [0.1, 0.15) is 12.4 Å². The molecule has 24 heavy (non-hydrogen) atoms. The topological polar surface area (TPSA) is 80.0 Å². The van der Waals surface area contributed by atoms with E-state index in [9.17, 15) is 9.59 Å². The van der Waals surface area contributed by atoms with E-state index in [4.69, 9.17) is 14.3 Å². The van der Waals surface area contributed by atoms with Crippen LogP contribution in [0.2, 0.25) is 0 Å². The molecule has 6 heteroatoms. The number of ether oxygens (including phenoxy) is 1. The normalized spacial score (nSPS) is 17.5. The minimum atomic E-state index is -0.862. The van der Waals surface area contributed by atoms with E-state index in [-0.39, 0.29) is 24.8 Å². The SMILES string of the molecule is O=C(O)C1CCCN(C(=O)c2occc2COc2ccccc2)C1. The third kappa shape index (κ3) is 3.59. The van der Waals surface area contributed by atoms with Crippen LogP contribution in [0.1, 0.15) is 29.0 Å². The molecule has 126 valence electrons. The Hall–Kier alpha value is -2.76. The summed E-state index contributed by atoms with van der Waals surface area (Å²) in [6, 6.07) is 11.0. The highest BCUT2D eigenvalue weighted by molar-refractivity contribution is 5.93. The summed E-state index contributed by atoms with van der Waals surface area (Å²) in [4.78, 5) is 25.3. The number of aliphatic carboxylic acids is 1. The molecule has 0 radical (unpaired) electrons. The predicted molar refractivity (Wildman–Crippen MR) is 85.7 cm³/mol. The summed E-state index contributed by atoms with van der Waals surface area (Å²) in [6.45, 7) is 0.980. The first-order valence-electron chi connectivity index (χ1n) is 7.91. The minimum absolute atomic E-state index is 0.216. The van der Waals surface area contributed by atoms with Gasteiger partial charge in [-0.3, -0.25) is 9.59 Å². The first kappa shape index (κ1) is 16.1. The number of likely N-dealkylation sites (tertiary alicyclic amines) is 1. The molecule has 1 atom stereocenters. The number of hydrogen-bond donors (Lipinski definition) is 1. The lowest BCUT2D eigenvalue weighted by atomic mass is 9.98. The van der Waals surface area contributed by atoms with Gasteiger partial charge in [0.05, 0.1) is 12.2 Å². The Morgan fingerprint density at radius 2 is 2.04 bits per heavy atom. The molecule has 0 spiro atoms. The fraction of sp³-hybridized carbons (Fsp3) is 0.333. The fourth-order valence-electron chi connectivity index (χ4n) is 2.82. The van der Waals surface area contributed by atoms with Crippen LogP contribution in [0.25, 0.3) is 0 Å². The number of carboxylic acid groups (broad SMARTS) is 1. The number of furan rings is 1. The van der Waals surface area contributed by atoms with E-state index in [1.807, 2.05) is 30.3 Å². The summed E-state index contributed by atoms with van der Waals surface area (Å²) in [5.41, 5.74) is 0.654. The van der Waals surface area contributed by atoms with Crippen LogP contribution in [0.5, 0.6) is 5.75 Å². The molecule has 1 amide bonds. The maximum Gasteiger partial charge on any atom is 0.308 e. The number of benzene rings is 1. The molecule has 1 saturated heterocycles. The van der Waals surface area contributed by atoms with E-state index in [1.165, 1.54) is 6.26 Å². The zero-order valence-electron chi connectivity index (χ0n) is 13.2. The Balaban J connectivity index is 1.67. The first-order chi connectivity index (χ1) is 11.6. The van der Waals surface area contributed by atoms with Crippen LogP contribution in [0.3, 0.4) is 0 Å². The van der Waals surface area contributed by atoms with Crippen molar-refractivity contribution in [2.24, 2.45) is 5.92 Å². The van der Waals surface area contributed by atoms with Gasteiger partial charge in [0, 0.05) is 18.7 Å². The van der Waals surface area contributed by atoms with Crippen molar-refractivity contribution < 1.29 is 23.8 Å². The Morgan fingerprint density at radius 3 is 2.79 bits per heavy atom. The Morgan fingerprint density at radius 1 is 1.25 bits per heavy atom. The molecule has 3 rings (SSSR count). The van der Waals surface area contributed by atoms with E-state index in [0.717, 1.165) is 0 Å². The van der Waals surface area contributed by atoms with Gasteiger partial charge in [0.25, 0.3) is 5.91 Å². The van der Waals surface area contributed by atoms with E-state index < -0.39 is 11.9 Å². The van der Waals surface area contributed by atoms with Crippen LogP contribution in [0.15, 0.2) is 47.1 Å². The van der Waals surface area contributed by atoms with Crippen molar-refractivity contribution in [3.05, 3.63) is 54.0 Å². The molecule has 2 heterocycles. The molecule has 1 aliphatic rings. The third-order valence-corrected chi connectivity index (χ3v) is 4.14. The lowest BCUT2D eigenvalue weighted by molar-refractivity contribution is -0.143. The van der Waals surface area contributed by atoms with Crippen LogP contribution < -0.4 is 4.74 Å². The number of piperidine rings is 1. The largest absolute Gasteiger partial charge is 0.489 e. The Bertz CT molecular complexity index is 709. The second-order valence-electron chi connectivity index (χ2n) is 5.81. The minimum Gasteiger partial charge on any atom is -0.489 e. The standard InChI is InChI=1S/C18H19NO5/c20-17(19-9-4-5-13(11-19)18(21)22)16-14(8-10-23-16)12-24-15-6-2-1-3-7-15/h1-3,6-8,10,13H,4-5,9,11-12H2,(H,21,22). The molecule has 1 unspecified atom stereocenters. The van der Waals surface area contributed by atoms with Crippen LogP contribution >= 0.6 is 0 Å². The predicted octanol–water partition coefficient (Wildman–Crippen LogP) is 2.80. The molecule has 1 aromatic carbocycles. The molecular formula is C18H19NO5. The number of carboxylic acids is 1. The van der Waals surface area contributed by atoms with Crippen molar-refractivity contribution >= 4 is 11.9 Å². The number of carbonyl (C=O) groups is 2. The van der Waals surface area contributed by atoms with E-state index in [2.05, 4.69) is 0 Å². The van der Waals surface area contributed by atoms with Crippen molar-refractivity contribution in [2.75, 3.05) is 13.1 Å². The summed E-state index contributed by atoms with van der Waals surface area (Å²) < 4.78 is 11.0. The van der Waals surface area contributed by atoms with E-state index in [0.29, 0.717) is 30.7 Å². The smallest absolute Gasteiger partial charge is 0.308 e. The summed E-state index contributed by atoms with van der Waals surface area (Å²) in [5.74, 6) is -0.725. The lowest BCUT2D eigenvalue weighted by Crippen LogP contribution is -2.42. The van der Waals surface area contributed by atoms with Crippen molar-refractivity contribution in [3.8, 4) is 5.75 Å². The van der Waals surface area contributed by atoms with Crippen molar-refractivity contribution in [1.82, 2.24) is 4.90 Å². The van der Waals surface area contributed by atoms with E-state index in [1.54, 1.807) is 11.0 Å². The van der Waals surface area contributed by atoms with Crippen molar-refractivity contribution in [2.45, 2.75) is 19.4 Å². The average Bonchev–Trinajstić information content (AvgIpc) is 3.09. The second-order valence-corrected chi connectivity index (χ2v) is 5.81. The number of carbonyl (C=O) groups excluding carboxylic acids is 1. The first-order valence-corrected chi connectivity index (χ1v) is 7.91. The van der Waals surface area contributed by atoms with Gasteiger partial charge in [-0.2, -0.15) is 0 Å².